The standard InChI is InChI=1S/C21H19N3O4S2/c1-16-19(12-13-27-16)20-22-23-21(24(20)17-8-4-2-5-9-17)29-14-15-30(25,26)28-18-10-6-3-7-11-18/h2-13H,14-15H2,1H3. The number of furan rings is 1. The minimum atomic E-state index is -3.72. The lowest BCUT2D eigenvalue weighted by molar-refractivity contribution is 0.488. The van der Waals surface area contributed by atoms with E-state index in [1.54, 1.807) is 36.6 Å². The van der Waals surface area contributed by atoms with Crippen LogP contribution in [0.25, 0.3) is 17.1 Å². The minimum Gasteiger partial charge on any atom is -0.469 e. The normalized spacial score (nSPS) is 11.5. The van der Waals surface area contributed by atoms with Gasteiger partial charge in [-0.2, -0.15) is 8.42 Å². The largest absolute Gasteiger partial charge is 0.469 e. The van der Waals surface area contributed by atoms with Gasteiger partial charge in [-0.15, -0.1) is 10.2 Å². The topological polar surface area (TPSA) is 87.2 Å². The summed E-state index contributed by atoms with van der Waals surface area (Å²) in [5.41, 5.74) is 1.71. The number of thioether (sulfide) groups is 1. The van der Waals surface area contributed by atoms with E-state index in [9.17, 15) is 8.42 Å². The zero-order chi connectivity index (χ0) is 21.0. The van der Waals surface area contributed by atoms with Gasteiger partial charge in [-0.3, -0.25) is 4.57 Å². The van der Waals surface area contributed by atoms with Crippen LogP contribution in [-0.2, 0) is 10.1 Å². The Morgan fingerprint density at radius 2 is 1.70 bits per heavy atom. The van der Waals surface area contributed by atoms with Gasteiger partial charge >= 0.3 is 10.1 Å². The summed E-state index contributed by atoms with van der Waals surface area (Å²) in [7, 11) is -3.72. The lowest BCUT2D eigenvalue weighted by Gasteiger charge is -2.10. The van der Waals surface area contributed by atoms with Gasteiger partial charge in [-0.05, 0) is 37.3 Å². The van der Waals surface area contributed by atoms with Crippen LogP contribution in [0.4, 0.5) is 0 Å². The summed E-state index contributed by atoms with van der Waals surface area (Å²) in [6.45, 7) is 1.86. The van der Waals surface area contributed by atoms with Crippen molar-refractivity contribution in [3.63, 3.8) is 0 Å². The van der Waals surface area contributed by atoms with Crippen molar-refractivity contribution in [2.24, 2.45) is 0 Å². The second kappa shape index (κ2) is 8.76. The van der Waals surface area contributed by atoms with E-state index >= 15 is 0 Å². The number of hydrogen-bond donors (Lipinski definition) is 0. The highest BCUT2D eigenvalue weighted by atomic mass is 32.2. The summed E-state index contributed by atoms with van der Waals surface area (Å²) < 4.78 is 37.0. The van der Waals surface area contributed by atoms with Crippen LogP contribution in [0.1, 0.15) is 5.76 Å². The molecule has 0 spiro atoms. The van der Waals surface area contributed by atoms with Crippen molar-refractivity contribution in [2.75, 3.05) is 11.5 Å². The number of aryl methyl sites for hydroxylation is 1. The van der Waals surface area contributed by atoms with Crippen molar-refractivity contribution >= 4 is 21.9 Å². The van der Waals surface area contributed by atoms with Gasteiger partial charge in [0.2, 0.25) is 0 Å². The molecule has 0 amide bonds. The Bertz CT molecular complexity index is 1220. The van der Waals surface area contributed by atoms with Crippen LogP contribution in [0.3, 0.4) is 0 Å². The molecule has 7 nitrogen and oxygen atoms in total. The Labute approximate surface area is 178 Å². The van der Waals surface area contributed by atoms with E-state index in [1.165, 1.54) is 11.8 Å². The lowest BCUT2D eigenvalue weighted by Crippen LogP contribution is -2.15. The van der Waals surface area contributed by atoms with Gasteiger partial charge < -0.3 is 8.60 Å². The molecule has 0 saturated heterocycles. The van der Waals surface area contributed by atoms with E-state index in [0.717, 1.165) is 17.0 Å². The molecule has 0 unspecified atom stereocenters. The van der Waals surface area contributed by atoms with E-state index in [2.05, 4.69) is 10.2 Å². The number of nitrogens with zero attached hydrogens (tertiary/aromatic N) is 3. The van der Waals surface area contributed by atoms with E-state index in [0.29, 0.717) is 16.7 Å². The number of hydrogen-bond acceptors (Lipinski definition) is 7. The maximum absolute atomic E-state index is 12.3. The molecule has 0 aliphatic heterocycles. The van der Waals surface area contributed by atoms with Crippen LogP contribution >= 0.6 is 11.8 Å². The summed E-state index contributed by atoms with van der Waals surface area (Å²) in [5, 5.41) is 9.21. The quantitative estimate of drug-likeness (QED) is 0.297. The second-order valence-electron chi connectivity index (χ2n) is 6.37. The van der Waals surface area contributed by atoms with Crippen molar-refractivity contribution in [3.8, 4) is 22.8 Å². The van der Waals surface area contributed by atoms with Crippen LogP contribution in [0, 0.1) is 6.92 Å². The molecule has 4 aromatic rings. The zero-order valence-electron chi connectivity index (χ0n) is 16.1. The van der Waals surface area contributed by atoms with Crippen molar-refractivity contribution in [1.82, 2.24) is 14.8 Å². The molecule has 4 rings (SSSR count). The molecular formula is C21H19N3O4S2. The first-order valence-corrected chi connectivity index (χ1v) is 11.7. The van der Waals surface area contributed by atoms with Gasteiger partial charge in [-0.25, -0.2) is 0 Å². The van der Waals surface area contributed by atoms with Crippen LogP contribution in [-0.4, -0.2) is 34.7 Å². The van der Waals surface area contributed by atoms with Crippen molar-refractivity contribution in [3.05, 3.63) is 78.8 Å². The Hall–Kier alpha value is -3.04. The highest BCUT2D eigenvalue weighted by molar-refractivity contribution is 8.00. The Morgan fingerprint density at radius 1 is 1.00 bits per heavy atom. The Balaban J connectivity index is 1.55. The molecule has 0 radical (unpaired) electrons. The smallest absolute Gasteiger partial charge is 0.310 e. The molecule has 30 heavy (non-hydrogen) atoms. The number of benzene rings is 2. The number of rotatable bonds is 8. The highest BCUT2D eigenvalue weighted by Gasteiger charge is 2.20. The molecule has 2 aromatic heterocycles. The van der Waals surface area contributed by atoms with Crippen LogP contribution in [0.5, 0.6) is 5.75 Å². The predicted molar refractivity (Wildman–Crippen MR) is 115 cm³/mol. The third kappa shape index (κ3) is 4.58. The van der Waals surface area contributed by atoms with Gasteiger partial charge in [0.25, 0.3) is 0 Å². The molecule has 0 fully saturated rings. The van der Waals surface area contributed by atoms with E-state index in [-0.39, 0.29) is 11.5 Å². The third-order valence-electron chi connectivity index (χ3n) is 4.28. The molecule has 2 aromatic carbocycles. The minimum absolute atomic E-state index is 0.158. The monoisotopic (exact) mass is 441 g/mol. The van der Waals surface area contributed by atoms with E-state index in [1.807, 2.05) is 47.9 Å². The van der Waals surface area contributed by atoms with Gasteiger partial charge in [-0.1, -0.05) is 48.2 Å². The van der Waals surface area contributed by atoms with E-state index < -0.39 is 10.1 Å². The highest BCUT2D eigenvalue weighted by Crippen LogP contribution is 2.30. The average molecular weight is 442 g/mol. The predicted octanol–water partition coefficient (Wildman–Crippen LogP) is 4.34. The summed E-state index contributed by atoms with van der Waals surface area (Å²) >= 11 is 1.30. The number of para-hydroxylation sites is 2. The Kier molecular flexibility index (Phi) is 5.91. The molecule has 9 heteroatoms. The van der Waals surface area contributed by atoms with Crippen molar-refractivity contribution < 1.29 is 17.0 Å². The maximum Gasteiger partial charge on any atom is 0.310 e. The first kappa shape index (κ1) is 20.2. The fourth-order valence-electron chi connectivity index (χ4n) is 2.86. The summed E-state index contributed by atoms with van der Waals surface area (Å²) in [5.74, 6) is 1.78. The summed E-state index contributed by atoms with van der Waals surface area (Å²) in [6, 6.07) is 20.0. The van der Waals surface area contributed by atoms with Crippen LogP contribution in [0.2, 0.25) is 0 Å². The van der Waals surface area contributed by atoms with Gasteiger partial charge in [0.15, 0.2) is 11.0 Å². The third-order valence-corrected chi connectivity index (χ3v) is 6.62. The first-order valence-electron chi connectivity index (χ1n) is 9.19. The Morgan fingerprint density at radius 3 is 2.37 bits per heavy atom. The second-order valence-corrected chi connectivity index (χ2v) is 9.13. The molecule has 0 atom stereocenters. The number of aromatic nitrogens is 3. The molecular weight excluding hydrogens is 422 g/mol. The summed E-state index contributed by atoms with van der Waals surface area (Å²) in [4.78, 5) is 0. The molecule has 0 aliphatic rings. The SMILES string of the molecule is Cc1occc1-c1nnc(SCCS(=O)(=O)Oc2ccccc2)n1-c1ccccc1. The van der Waals surface area contributed by atoms with Gasteiger partial charge in [0, 0.05) is 11.4 Å². The van der Waals surface area contributed by atoms with Crippen molar-refractivity contribution in [1.29, 1.82) is 0 Å². The molecule has 0 saturated carbocycles. The maximum atomic E-state index is 12.3. The molecule has 0 bridgehead atoms. The zero-order valence-corrected chi connectivity index (χ0v) is 17.8. The average Bonchev–Trinajstić information content (AvgIpc) is 3.34. The molecule has 154 valence electrons. The summed E-state index contributed by atoms with van der Waals surface area (Å²) in [6.07, 6.45) is 1.61. The fourth-order valence-corrected chi connectivity index (χ4v) is 5.10. The van der Waals surface area contributed by atoms with E-state index in [4.69, 9.17) is 8.60 Å². The van der Waals surface area contributed by atoms with Crippen LogP contribution in [0.15, 0.2) is 82.6 Å². The fraction of sp³-hybridized carbons (Fsp3) is 0.143. The molecule has 0 aliphatic carbocycles. The molecule has 2 heterocycles. The molecule has 0 N–H and O–H groups in total. The van der Waals surface area contributed by atoms with Crippen molar-refractivity contribution in [2.45, 2.75) is 12.1 Å². The first-order chi connectivity index (χ1) is 14.5. The van der Waals surface area contributed by atoms with Gasteiger partial charge in [0.1, 0.15) is 11.5 Å². The van der Waals surface area contributed by atoms with Crippen LogP contribution < -0.4 is 4.18 Å². The lowest BCUT2D eigenvalue weighted by atomic mass is 10.2. The van der Waals surface area contributed by atoms with Gasteiger partial charge in [0.05, 0.1) is 17.6 Å².